The molecule has 0 amide bonds. The Morgan fingerprint density at radius 2 is 1.89 bits per heavy atom. The predicted octanol–water partition coefficient (Wildman–Crippen LogP) is 2.23. The normalized spacial score (nSPS) is 11.7. The van der Waals surface area contributed by atoms with Crippen molar-refractivity contribution in [3.05, 3.63) is 40.8 Å². The van der Waals surface area contributed by atoms with Crippen molar-refractivity contribution in [1.29, 1.82) is 0 Å². The lowest BCUT2D eigenvalue weighted by atomic mass is 9.98. The molecule has 0 atom stereocenters. The van der Waals surface area contributed by atoms with Crippen LogP contribution in [0.5, 0.6) is 0 Å². The highest BCUT2D eigenvalue weighted by atomic mass is 16.3. The smallest absolute Gasteiger partial charge is 0.0453 e. The Morgan fingerprint density at radius 3 is 2.58 bits per heavy atom. The average molecular weight is 255 g/mol. The molecule has 2 aromatic carbocycles. The first-order valence-corrected chi connectivity index (χ1v) is 6.53. The van der Waals surface area contributed by atoms with Crippen molar-refractivity contribution in [2.24, 2.45) is 0 Å². The van der Waals surface area contributed by atoms with Crippen LogP contribution in [0.25, 0.3) is 23.9 Å². The van der Waals surface area contributed by atoms with Crippen LogP contribution in [0.15, 0.2) is 30.3 Å². The highest BCUT2D eigenvalue weighted by molar-refractivity contribution is 5.94. The Kier molecular flexibility index (Phi) is 3.63. The first kappa shape index (κ1) is 13.6. The van der Waals surface area contributed by atoms with E-state index in [9.17, 15) is 0 Å². The number of fused-ring (bicyclic) bond motifs is 1. The number of benzene rings is 2. The molecule has 100 valence electrons. The van der Waals surface area contributed by atoms with Gasteiger partial charge in [0.1, 0.15) is 0 Å². The van der Waals surface area contributed by atoms with E-state index >= 15 is 0 Å². The van der Waals surface area contributed by atoms with Gasteiger partial charge in [-0.05, 0) is 42.2 Å². The number of hydrogen-bond acceptors (Lipinski definition) is 2. The van der Waals surface area contributed by atoms with E-state index in [1.165, 1.54) is 0 Å². The summed E-state index contributed by atoms with van der Waals surface area (Å²) in [6, 6.07) is 10.2. The lowest BCUT2D eigenvalue weighted by Gasteiger charge is -2.27. The van der Waals surface area contributed by atoms with Gasteiger partial charge in [-0.15, -0.1) is 0 Å². The maximum absolute atomic E-state index is 9.13. The van der Waals surface area contributed by atoms with Crippen LogP contribution >= 0.6 is 0 Å². The molecule has 0 aliphatic heterocycles. The Hall–Kier alpha value is -1.80. The lowest BCUT2D eigenvalue weighted by molar-refractivity contribution is 0.261. The fourth-order valence-electron chi connectivity index (χ4n) is 2.31. The Morgan fingerprint density at radius 1 is 1.16 bits per heavy atom. The summed E-state index contributed by atoms with van der Waals surface area (Å²) in [5.41, 5.74) is 0.888. The molecule has 0 radical (unpaired) electrons. The quantitative estimate of drug-likeness (QED) is 0.878. The fraction of sp³-hybridized carbons (Fsp3) is 0.294. The van der Waals surface area contributed by atoms with Crippen molar-refractivity contribution in [2.75, 3.05) is 11.9 Å². The monoisotopic (exact) mass is 255 g/mol. The number of rotatable bonds is 4. The molecule has 2 heteroatoms. The molecule has 2 N–H and O–H groups in total. The second-order valence-electron chi connectivity index (χ2n) is 5.59. The van der Waals surface area contributed by atoms with Crippen LogP contribution in [0.3, 0.4) is 0 Å². The second kappa shape index (κ2) is 5.06. The molecule has 19 heavy (non-hydrogen) atoms. The fourth-order valence-corrected chi connectivity index (χ4v) is 2.31. The zero-order valence-electron chi connectivity index (χ0n) is 11.7. The van der Waals surface area contributed by atoms with Gasteiger partial charge in [0.2, 0.25) is 0 Å². The molecule has 0 bridgehead atoms. The van der Waals surface area contributed by atoms with Crippen LogP contribution in [0.2, 0.25) is 0 Å². The molecule has 2 aromatic rings. The molecule has 0 unspecified atom stereocenters. The van der Waals surface area contributed by atoms with Crippen molar-refractivity contribution in [3.63, 3.8) is 0 Å². The second-order valence-corrected chi connectivity index (χ2v) is 5.59. The SMILES string of the molecule is C=c1ccc2cccc(NC(C)(C)CCO)c2c1=C. The van der Waals surface area contributed by atoms with Gasteiger partial charge >= 0.3 is 0 Å². The standard InChI is InChI=1S/C17H21NO/c1-12-8-9-14-6-5-7-15(16(14)13(12)2)18-17(3,4)10-11-19/h5-9,18-19H,1-2,10-11H2,3-4H3. The van der Waals surface area contributed by atoms with E-state index < -0.39 is 0 Å². The van der Waals surface area contributed by atoms with Gasteiger partial charge in [0.05, 0.1) is 0 Å². The van der Waals surface area contributed by atoms with E-state index in [2.05, 4.69) is 50.5 Å². The number of aliphatic hydroxyl groups excluding tert-OH is 1. The van der Waals surface area contributed by atoms with E-state index in [0.29, 0.717) is 6.42 Å². The summed E-state index contributed by atoms with van der Waals surface area (Å²) >= 11 is 0. The minimum atomic E-state index is -0.160. The van der Waals surface area contributed by atoms with Crippen LogP contribution in [-0.2, 0) is 0 Å². The molecule has 0 saturated heterocycles. The maximum atomic E-state index is 9.13. The molecule has 0 aromatic heterocycles. The molecular formula is C17H21NO. The van der Waals surface area contributed by atoms with Crippen LogP contribution in [0.1, 0.15) is 20.3 Å². The first-order chi connectivity index (χ1) is 8.94. The van der Waals surface area contributed by atoms with Gasteiger partial charge in [-0.3, -0.25) is 0 Å². The number of nitrogens with one attached hydrogen (secondary N) is 1. The summed E-state index contributed by atoms with van der Waals surface area (Å²) in [7, 11) is 0. The van der Waals surface area contributed by atoms with Gasteiger partial charge in [0.15, 0.2) is 0 Å². The molecule has 2 rings (SSSR count). The predicted molar refractivity (Wildman–Crippen MR) is 83.6 cm³/mol. The van der Waals surface area contributed by atoms with Crippen molar-refractivity contribution < 1.29 is 5.11 Å². The molecule has 0 saturated carbocycles. The van der Waals surface area contributed by atoms with Crippen LogP contribution < -0.4 is 15.8 Å². The van der Waals surface area contributed by atoms with Gasteiger partial charge in [-0.2, -0.15) is 0 Å². The third kappa shape index (κ3) is 2.79. The summed E-state index contributed by atoms with van der Waals surface area (Å²) in [4.78, 5) is 0. The molecule has 0 aliphatic rings. The highest BCUT2D eigenvalue weighted by Gasteiger charge is 2.17. The van der Waals surface area contributed by atoms with E-state index in [1.54, 1.807) is 0 Å². The van der Waals surface area contributed by atoms with Crippen LogP contribution in [0, 0.1) is 0 Å². The number of aliphatic hydroxyl groups is 1. The van der Waals surface area contributed by atoms with E-state index in [4.69, 9.17) is 5.11 Å². The van der Waals surface area contributed by atoms with Crippen molar-refractivity contribution in [2.45, 2.75) is 25.8 Å². The van der Waals surface area contributed by atoms with Crippen molar-refractivity contribution in [3.8, 4) is 0 Å². The summed E-state index contributed by atoms with van der Waals surface area (Å²) < 4.78 is 0. The summed E-state index contributed by atoms with van der Waals surface area (Å²) in [6.45, 7) is 12.5. The Balaban J connectivity index is 2.58. The Labute approximate surface area is 114 Å². The van der Waals surface area contributed by atoms with Crippen LogP contribution in [0.4, 0.5) is 5.69 Å². The third-order valence-electron chi connectivity index (χ3n) is 3.46. The van der Waals surface area contributed by atoms with E-state index in [1.807, 2.05) is 12.1 Å². The summed E-state index contributed by atoms with van der Waals surface area (Å²) in [5, 5.41) is 16.8. The largest absolute Gasteiger partial charge is 0.396 e. The van der Waals surface area contributed by atoms with Gasteiger partial charge in [0, 0.05) is 23.2 Å². The van der Waals surface area contributed by atoms with Gasteiger partial charge in [-0.25, -0.2) is 0 Å². The minimum absolute atomic E-state index is 0.160. The first-order valence-electron chi connectivity index (χ1n) is 6.53. The topological polar surface area (TPSA) is 32.3 Å². The molecule has 0 spiro atoms. The highest BCUT2D eigenvalue weighted by Crippen LogP contribution is 2.23. The molecule has 2 nitrogen and oxygen atoms in total. The summed E-state index contributed by atoms with van der Waals surface area (Å²) in [6.07, 6.45) is 0.694. The van der Waals surface area contributed by atoms with E-state index in [-0.39, 0.29) is 12.1 Å². The number of anilines is 1. The zero-order chi connectivity index (χ0) is 14.0. The van der Waals surface area contributed by atoms with Crippen molar-refractivity contribution in [1.82, 2.24) is 0 Å². The number of hydrogen-bond donors (Lipinski definition) is 2. The lowest BCUT2D eigenvalue weighted by Crippen LogP contribution is -2.33. The van der Waals surface area contributed by atoms with Gasteiger partial charge in [-0.1, -0.05) is 37.4 Å². The molecule has 0 heterocycles. The van der Waals surface area contributed by atoms with Crippen LogP contribution in [-0.4, -0.2) is 17.3 Å². The molecule has 0 fully saturated rings. The van der Waals surface area contributed by atoms with Gasteiger partial charge < -0.3 is 10.4 Å². The Bertz CT molecular complexity index is 688. The third-order valence-corrected chi connectivity index (χ3v) is 3.46. The molecular weight excluding hydrogens is 234 g/mol. The molecule has 0 aliphatic carbocycles. The minimum Gasteiger partial charge on any atom is -0.396 e. The van der Waals surface area contributed by atoms with Gasteiger partial charge in [0.25, 0.3) is 0 Å². The summed E-state index contributed by atoms with van der Waals surface area (Å²) in [5.74, 6) is 0. The average Bonchev–Trinajstić information content (AvgIpc) is 2.33. The van der Waals surface area contributed by atoms with E-state index in [0.717, 1.165) is 26.9 Å². The zero-order valence-corrected chi connectivity index (χ0v) is 11.7. The maximum Gasteiger partial charge on any atom is 0.0453 e. The van der Waals surface area contributed by atoms with Crippen molar-refractivity contribution >= 4 is 29.6 Å².